The Labute approximate surface area is 251 Å². The third kappa shape index (κ3) is 11.0. The normalized spacial score (nSPS) is 13.4. The lowest BCUT2D eigenvalue weighted by atomic mass is 9.61. The van der Waals surface area contributed by atoms with Crippen LogP contribution in [0.1, 0.15) is 103 Å². The molecule has 7 heteroatoms. The number of carbonyl (C=O) groups is 3. The minimum Gasteiger partial charge on any atom is -0.507 e. The largest absolute Gasteiger partial charge is 0.507 e. The molecule has 2 rings (SSSR count). The fraction of sp³-hybridized carbons (Fsp3) is 0.514. The van der Waals surface area contributed by atoms with Crippen LogP contribution in [0.25, 0.3) is 6.08 Å². The zero-order valence-electron chi connectivity index (χ0n) is 26.5. The summed E-state index contributed by atoms with van der Waals surface area (Å²) >= 11 is 0. The van der Waals surface area contributed by atoms with Crippen molar-refractivity contribution in [2.75, 3.05) is 13.2 Å². The second-order valence-electron chi connectivity index (χ2n) is 13.3. The smallest absolute Gasteiger partial charge is 0.343 e. The van der Waals surface area contributed by atoms with Gasteiger partial charge in [-0.15, -0.1) is 0 Å². The molecule has 0 amide bonds. The molecule has 0 fully saturated rings. The number of allylic oxidation sites excluding steroid dienone is 1. The van der Waals surface area contributed by atoms with E-state index in [4.69, 9.17) is 14.2 Å². The van der Waals surface area contributed by atoms with E-state index in [1.165, 1.54) is 25.1 Å². The molecule has 1 N–H and O–H groups in total. The van der Waals surface area contributed by atoms with Crippen LogP contribution in [-0.2, 0) is 14.3 Å². The van der Waals surface area contributed by atoms with Gasteiger partial charge in [0.2, 0.25) is 0 Å². The Bertz CT molecular complexity index is 1230. The van der Waals surface area contributed by atoms with Gasteiger partial charge < -0.3 is 19.3 Å². The van der Waals surface area contributed by atoms with Gasteiger partial charge in [-0.1, -0.05) is 41.5 Å². The lowest BCUT2D eigenvalue weighted by Gasteiger charge is -2.43. The molecule has 230 valence electrons. The molecule has 0 saturated carbocycles. The minimum atomic E-state index is -0.560. The van der Waals surface area contributed by atoms with Crippen molar-refractivity contribution in [3.8, 4) is 17.2 Å². The summed E-state index contributed by atoms with van der Waals surface area (Å²) in [5.41, 5.74) is 0.0843. The number of ketones is 1. The highest BCUT2D eigenvalue weighted by Gasteiger charge is 2.47. The first kappa shape index (κ1) is 34.6. The van der Waals surface area contributed by atoms with Crippen LogP contribution >= 0.6 is 0 Å². The summed E-state index contributed by atoms with van der Waals surface area (Å²) in [6, 6.07) is 11.1. The first-order valence-electron chi connectivity index (χ1n) is 14.7. The highest BCUT2D eigenvalue weighted by Crippen LogP contribution is 2.47. The Morgan fingerprint density at radius 3 is 1.95 bits per heavy atom. The molecule has 0 aliphatic rings. The third-order valence-electron chi connectivity index (χ3n) is 7.33. The van der Waals surface area contributed by atoms with Gasteiger partial charge in [0.05, 0.1) is 24.2 Å². The summed E-state index contributed by atoms with van der Waals surface area (Å²) in [5.74, 6) is -0.0592. The van der Waals surface area contributed by atoms with E-state index < -0.39 is 11.4 Å². The molecule has 1 unspecified atom stereocenters. The average molecular weight is 581 g/mol. The number of ether oxygens (including phenoxy) is 3. The molecule has 0 saturated heterocycles. The molecule has 0 bridgehead atoms. The second kappa shape index (κ2) is 15.0. The van der Waals surface area contributed by atoms with Crippen molar-refractivity contribution >= 4 is 23.8 Å². The molecule has 7 nitrogen and oxygen atoms in total. The fourth-order valence-corrected chi connectivity index (χ4v) is 4.56. The Hall–Kier alpha value is -3.61. The molecule has 0 radical (unpaired) electrons. The number of phenols is 1. The van der Waals surface area contributed by atoms with Gasteiger partial charge in [0, 0.05) is 11.6 Å². The molecular formula is C35H48O7. The number of carbonyl (C=O) groups excluding carboxylic acids is 3. The van der Waals surface area contributed by atoms with E-state index in [2.05, 4.69) is 41.5 Å². The number of hydrogen-bond acceptors (Lipinski definition) is 7. The van der Waals surface area contributed by atoms with Gasteiger partial charge in [-0.25, -0.2) is 4.79 Å². The summed E-state index contributed by atoms with van der Waals surface area (Å²) in [6.45, 7) is 17.2. The van der Waals surface area contributed by atoms with Crippen LogP contribution in [0.2, 0.25) is 0 Å². The number of benzene rings is 2. The molecule has 1 atom stereocenters. The highest BCUT2D eigenvalue weighted by atomic mass is 16.5. The number of aromatic hydroxyl groups is 1. The van der Waals surface area contributed by atoms with E-state index in [0.29, 0.717) is 30.1 Å². The predicted molar refractivity (Wildman–Crippen MR) is 166 cm³/mol. The van der Waals surface area contributed by atoms with E-state index in [1.54, 1.807) is 36.4 Å². The number of hydrogen-bond donors (Lipinski definition) is 1. The van der Waals surface area contributed by atoms with Crippen molar-refractivity contribution < 1.29 is 33.7 Å². The van der Waals surface area contributed by atoms with Crippen molar-refractivity contribution in [2.45, 2.75) is 87.5 Å². The van der Waals surface area contributed by atoms with Crippen LogP contribution in [0, 0.1) is 16.2 Å². The van der Waals surface area contributed by atoms with Crippen LogP contribution in [-0.4, -0.2) is 36.0 Å². The zero-order valence-corrected chi connectivity index (χ0v) is 26.5. The third-order valence-corrected chi connectivity index (χ3v) is 7.33. The first-order valence-corrected chi connectivity index (χ1v) is 14.7. The monoisotopic (exact) mass is 580 g/mol. The lowest BCUT2D eigenvalue weighted by molar-refractivity contribution is -0.165. The van der Waals surface area contributed by atoms with Crippen LogP contribution in [0.5, 0.6) is 17.2 Å². The zero-order chi connectivity index (χ0) is 31.6. The van der Waals surface area contributed by atoms with Gasteiger partial charge >= 0.3 is 11.9 Å². The molecule has 42 heavy (non-hydrogen) atoms. The lowest BCUT2D eigenvalue weighted by Crippen LogP contribution is -2.44. The van der Waals surface area contributed by atoms with E-state index in [-0.39, 0.29) is 34.1 Å². The van der Waals surface area contributed by atoms with Crippen molar-refractivity contribution in [3.63, 3.8) is 0 Å². The Morgan fingerprint density at radius 1 is 0.810 bits per heavy atom. The molecule has 0 aliphatic carbocycles. The van der Waals surface area contributed by atoms with Crippen LogP contribution < -0.4 is 9.47 Å². The minimum absolute atomic E-state index is 0.0271. The maximum atomic E-state index is 13.0. The van der Waals surface area contributed by atoms with Gasteiger partial charge in [-0.05, 0) is 105 Å². The number of phenolic OH excluding ortho intramolecular Hbond substituents is 1. The molecule has 0 spiro atoms. The van der Waals surface area contributed by atoms with E-state index in [0.717, 1.165) is 32.1 Å². The summed E-state index contributed by atoms with van der Waals surface area (Å²) in [5, 5.41) is 10.1. The first-order chi connectivity index (χ1) is 19.5. The van der Waals surface area contributed by atoms with Gasteiger partial charge in [-0.3, -0.25) is 9.59 Å². The maximum absolute atomic E-state index is 13.0. The number of rotatable bonds is 14. The number of esters is 2. The van der Waals surface area contributed by atoms with E-state index in [9.17, 15) is 19.5 Å². The summed E-state index contributed by atoms with van der Waals surface area (Å²) in [7, 11) is 0. The molecule has 2 aromatic rings. The molecule has 0 aliphatic heterocycles. The standard InChI is InChI=1S/C35H48O7/c1-25(36)13-14-26-15-20-29(23-30(26)37)42-31(38)27-16-18-28(19-17-27)40-21-11-9-10-12-22-41-32(39)35(8,34(5,6)7)24-33(2,3)4/h13-20,23,37H,9-12,21-22,24H2,1-8H3/b14-13-. The van der Waals surface area contributed by atoms with Crippen molar-refractivity contribution in [1.82, 2.24) is 0 Å². The van der Waals surface area contributed by atoms with Gasteiger partial charge in [0.15, 0.2) is 5.78 Å². The Morgan fingerprint density at radius 2 is 1.40 bits per heavy atom. The molecule has 0 aromatic heterocycles. The SMILES string of the molecule is CC(=O)/C=C\c1ccc(OC(=O)c2ccc(OCCCCCCOC(=O)C(C)(CC(C)(C)C)C(C)(C)C)cc2)cc1O. The average Bonchev–Trinajstić information content (AvgIpc) is 2.88. The van der Waals surface area contributed by atoms with Crippen molar-refractivity contribution in [2.24, 2.45) is 16.2 Å². The summed E-state index contributed by atoms with van der Waals surface area (Å²) in [4.78, 5) is 36.6. The van der Waals surface area contributed by atoms with E-state index >= 15 is 0 Å². The van der Waals surface area contributed by atoms with E-state index in [1.807, 2.05) is 6.92 Å². The van der Waals surface area contributed by atoms with Crippen molar-refractivity contribution in [3.05, 3.63) is 59.7 Å². The maximum Gasteiger partial charge on any atom is 0.343 e. The summed E-state index contributed by atoms with van der Waals surface area (Å²) < 4.78 is 16.9. The second-order valence-corrected chi connectivity index (χ2v) is 13.3. The molecule has 0 heterocycles. The van der Waals surface area contributed by atoms with Crippen molar-refractivity contribution in [1.29, 1.82) is 0 Å². The molecular weight excluding hydrogens is 532 g/mol. The van der Waals surface area contributed by atoms with Gasteiger partial charge in [0.1, 0.15) is 17.2 Å². The van der Waals surface area contributed by atoms with Gasteiger partial charge in [-0.2, -0.15) is 0 Å². The van der Waals surface area contributed by atoms with Crippen LogP contribution in [0.4, 0.5) is 0 Å². The number of unbranched alkanes of at least 4 members (excludes halogenated alkanes) is 3. The van der Waals surface area contributed by atoms with Gasteiger partial charge in [0.25, 0.3) is 0 Å². The molecule has 2 aromatic carbocycles. The van der Waals surface area contributed by atoms with Crippen LogP contribution in [0.3, 0.4) is 0 Å². The summed E-state index contributed by atoms with van der Waals surface area (Å²) in [6.07, 6.45) is 7.18. The Balaban J connectivity index is 1.71. The topological polar surface area (TPSA) is 99.1 Å². The Kier molecular flexibility index (Phi) is 12.4. The predicted octanol–water partition coefficient (Wildman–Crippen LogP) is 8.18. The quantitative estimate of drug-likeness (QED) is 0.104. The van der Waals surface area contributed by atoms with Crippen LogP contribution in [0.15, 0.2) is 48.5 Å². The highest BCUT2D eigenvalue weighted by molar-refractivity contribution is 5.92. The fourth-order valence-electron chi connectivity index (χ4n) is 4.56.